The normalized spacial score (nSPS) is 10.6. The quantitative estimate of drug-likeness (QED) is 0.651. The molecule has 0 unspecified atom stereocenters. The topological polar surface area (TPSA) is 71.1 Å². The molecule has 2 N–H and O–H groups in total. The van der Waals surface area contributed by atoms with E-state index in [1.807, 2.05) is 0 Å². The smallest absolute Gasteiger partial charge is 0.274 e. The highest BCUT2D eigenvalue weighted by Crippen LogP contribution is 2.23. The number of rotatable bonds is 5. The van der Waals surface area contributed by atoms with Crippen LogP contribution in [0.25, 0.3) is 6.08 Å². The first-order valence-electron chi connectivity index (χ1n) is 8.28. The molecule has 0 saturated heterocycles. The monoisotopic (exact) mass is 379 g/mol. The molecule has 0 aliphatic carbocycles. The molecule has 0 saturated carbocycles. The fraction of sp³-hybridized carbons (Fsp3) is 0. The Morgan fingerprint density at radius 1 is 0.857 bits per heavy atom. The number of benzene rings is 2. The van der Waals surface area contributed by atoms with Gasteiger partial charge in [0.05, 0.1) is 11.4 Å². The van der Waals surface area contributed by atoms with E-state index in [0.717, 1.165) is 12.1 Å². The van der Waals surface area contributed by atoms with Crippen LogP contribution in [-0.2, 0) is 4.79 Å². The van der Waals surface area contributed by atoms with E-state index in [0.29, 0.717) is 5.56 Å². The lowest BCUT2D eigenvalue weighted by Gasteiger charge is -2.11. The fourth-order valence-electron chi connectivity index (χ4n) is 2.37. The van der Waals surface area contributed by atoms with Gasteiger partial charge in [-0.3, -0.25) is 14.6 Å². The average molecular weight is 379 g/mol. The van der Waals surface area contributed by atoms with Crippen molar-refractivity contribution >= 4 is 29.3 Å². The second kappa shape index (κ2) is 8.68. The molecule has 0 aliphatic rings. The van der Waals surface area contributed by atoms with Crippen LogP contribution in [0.2, 0.25) is 0 Å². The van der Waals surface area contributed by atoms with Gasteiger partial charge in [-0.25, -0.2) is 8.78 Å². The Morgan fingerprint density at radius 3 is 2.43 bits per heavy atom. The summed E-state index contributed by atoms with van der Waals surface area (Å²) in [7, 11) is 0. The third-order valence-electron chi connectivity index (χ3n) is 3.66. The molecule has 28 heavy (non-hydrogen) atoms. The number of pyridine rings is 1. The molecule has 3 rings (SSSR count). The van der Waals surface area contributed by atoms with Crippen molar-refractivity contribution in [2.45, 2.75) is 0 Å². The molecular formula is C21H15F2N3O2. The Labute approximate surface area is 159 Å². The molecule has 1 heterocycles. The summed E-state index contributed by atoms with van der Waals surface area (Å²) in [5, 5.41) is 5.08. The highest BCUT2D eigenvalue weighted by Gasteiger charge is 2.12. The van der Waals surface area contributed by atoms with E-state index in [1.54, 1.807) is 18.2 Å². The van der Waals surface area contributed by atoms with Crippen LogP contribution in [0.1, 0.15) is 16.1 Å². The maximum Gasteiger partial charge on any atom is 0.274 e. The minimum Gasteiger partial charge on any atom is -0.321 e. The number of aromatic nitrogens is 1. The SMILES string of the molecule is O=C(C=Cc1cccc(F)c1)Nc1cc(F)ccc1NC(=O)c1ccccn1. The van der Waals surface area contributed by atoms with E-state index in [4.69, 9.17) is 0 Å². The first kappa shape index (κ1) is 18.9. The third-order valence-corrected chi connectivity index (χ3v) is 3.66. The van der Waals surface area contributed by atoms with Crippen LogP contribution >= 0.6 is 0 Å². The van der Waals surface area contributed by atoms with Gasteiger partial charge in [-0.05, 0) is 54.1 Å². The fourth-order valence-corrected chi connectivity index (χ4v) is 2.37. The van der Waals surface area contributed by atoms with Crippen LogP contribution in [0.4, 0.5) is 20.2 Å². The number of hydrogen-bond donors (Lipinski definition) is 2. The van der Waals surface area contributed by atoms with Gasteiger partial charge in [0.15, 0.2) is 0 Å². The Balaban J connectivity index is 1.75. The predicted octanol–water partition coefficient (Wildman–Crippen LogP) is 4.26. The number of hydrogen-bond acceptors (Lipinski definition) is 3. The zero-order valence-corrected chi connectivity index (χ0v) is 14.5. The number of amides is 2. The lowest BCUT2D eigenvalue weighted by Crippen LogP contribution is -2.16. The zero-order chi connectivity index (χ0) is 19.9. The van der Waals surface area contributed by atoms with Crippen molar-refractivity contribution in [2.75, 3.05) is 10.6 Å². The largest absolute Gasteiger partial charge is 0.321 e. The minimum absolute atomic E-state index is 0.0816. The molecule has 3 aromatic rings. The maximum atomic E-state index is 13.6. The van der Waals surface area contributed by atoms with Crippen LogP contribution in [0.15, 0.2) is 72.9 Å². The number of carbonyl (C=O) groups is 2. The minimum atomic E-state index is -0.583. The van der Waals surface area contributed by atoms with Gasteiger partial charge in [0.1, 0.15) is 17.3 Å². The predicted molar refractivity (Wildman–Crippen MR) is 103 cm³/mol. The van der Waals surface area contributed by atoms with Crippen LogP contribution in [0, 0.1) is 11.6 Å². The zero-order valence-electron chi connectivity index (χ0n) is 14.5. The summed E-state index contributed by atoms with van der Waals surface area (Å²) in [5.41, 5.74) is 0.968. The molecule has 0 fully saturated rings. The van der Waals surface area contributed by atoms with Crippen LogP contribution < -0.4 is 10.6 Å². The summed E-state index contributed by atoms with van der Waals surface area (Å²) in [5.74, 6) is -2.08. The molecule has 0 bridgehead atoms. The highest BCUT2D eigenvalue weighted by atomic mass is 19.1. The van der Waals surface area contributed by atoms with E-state index in [9.17, 15) is 18.4 Å². The van der Waals surface area contributed by atoms with Gasteiger partial charge in [-0.1, -0.05) is 18.2 Å². The summed E-state index contributed by atoms with van der Waals surface area (Å²) in [6, 6.07) is 14.1. The summed E-state index contributed by atoms with van der Waals surface area (Å²) < 4.78 is 26.8. The van der Waals surface area contributed by atoms with Gasteiger partial charge in [0.25, 0.3) is 5.91 Å². The summed E-state index contributed by atoms with van der Waals surface area (Å²) in [6.07, 6.45) is 4.08. The lowest BCUT2D eigenvalue weighted by atomic mass is 10.2. The molecule has 7 heteroatoms. The highest BCUT2D eigenvalue weighted by molar-refractivity contribution is 6.08. The van der Waals surface area contributed by atoms with Gasteiger partial charge in [-0.2, -0.15) is 0 Å². The molecule has 0 spiro atoms. The second-order valence-corrected chi connectivity index (χ2v) is 5.74. The third kappa shape index (κ3) is 5.07. The van der Waals surface area contributed by atoms with Gasteiger partial charge in [0.2, 0.25) is 5.91 Å². The van der Waals surface area contributed by atoms with Crippen molar-refractivity contribution in [1.82, 2.24) is 4.98 Å². The Bertz CT molecular complexity index is 1040. The first-order valence-corrected chi connectivity index (χ1v) is 8.28. The lowest BCUT2D eigenvalue weighted by molar-refractivity contribution is -0.111. The van der Waals surface area contributed by atoms with Crippen LogP contribution in [0.3, 0.4) is 0 Å². The van der Waals surface area contributed by atoms with Crippen molar-refractivity contribution in [3.8, 4) is 0 Å². The molecule has 0 atom stereocenters. The molecule has 5 nitrogen and oxygen atoms in total. The number of carbonyl (C=O) groups excluding carboxylic acids is 2. The van der Waals surface area contributed by atoms with Gasteiger partial charge in [0, 0.05) is 12.3 Å². The van der Waals surface area contributed by atoms with E-state index in [-0.39, 0.29) is 17.1 Å². The van der Waals surface area contributed by atoms with Crippen molar-refractivity contribution < 1.29 is 18.4 Å². The summed E-state index contributed by atoms with van der Waals surface area (Å²) in [4.78, 5) is 28.3. The van der Waals surface area contributed by atoms with E-state index < -0.39 is 23.4 Å². The maximum absolute atomic E-state index is 13.6. The molecule has 0 aliphatic heterocycles. The van der Waals surface area contributed by atoms with Crippen LogP contribution in [0.5, 0.6) is 0 Å². The van der Waals surface area contributed by atoms with Crippen molar-refractivity contribution in [3.05, 3.63) is 95.8 Å². The molecule has 1 aromatic heterocycles. The number of halogens is 2. The molecule has 0 radical (unpaired) electrons. The molecule has 2 amide bonds. The van der Waals surface area contributed by atoms with Gasteiger partial charge < -0.3 is 10.6 Å². The number of nitrogens with zero attached hydrogens (tertiary/aromatic N) is 1. The molecular weight excluding hydrogens is 364 g/mol. The van der Waals surface area contributed by atoms with Gasteiger partial charge >= 0.3 is 0 Å². The van der Waals surface area contributed by atoms with E-state index in [1.165, 1.54) is 48.7 Å². The van der Waals surface area contributed by atoms with Crippen LogP contribution in [-0.4, -0.2) is 16.8 Å². The second-order valence-electron chi connectivity index (χ2n) is 5.74. The van der Waals surface area contributed by atoms with E-state index >= 15 is 0 Å². The summed E-state index contributed by atoms with van der Waals surface area (Å²) >= 11 is 0. The van der Waals surface area contributed by atoms with Crippen molar-refractivity contribution in [1.29, 1.82) is 0 Å². The number of anilines is 2. The average Bonchev–Trinajstić information content (AvgIpc) is 2.69. The first-order chi connectivity index (χ1) is 13.5. The molecule has 140 valence electrons. The van der Waals surface area contributed by atoms with E-state index in [2.05, 4.69) is 15.6 Å². The molecule has 2 aromatic carbocycles. The van der Waals surface area contributed by atoms with Crippen molar-refractivity contribution in [2.24, 2.45) is 0 Å². The Hall–Kier alpha value is -3.87. The van der Waals surface area contributed by atoms with Crippen molar-refractivity contribution in [3.63, 3.8) is 0 Å². The Kier molecular flexibility index (Phi) is 5.86. The number of nitrogens with one attached hydrogen (secondary N) is 2. The summed E-state index contributed by atoms with van der Waals surface area (Å²) in [6.45, 7) is 0. The van der Waals surface area contributed by atoms with Gasteiger partial charge in [-0.15, -0.1) is 0 Å². The Morgan fingerprint density at radius 2 is 1.68 bits per heavy atom. The standard InChI is InChI=1S/C21H15F2N3O2/c22-15-5-3-4-14(12-15)7-10-20(27)25-19-13-16(23)8-9-17(19)26-21(28)18-6-1-2-11-24-18/h1-13H,(H,25,27)(H,26,28).